The van der Waals surface area contributed by atoms with Gasteiger partial charge < -0.3 is 15.0 Å². The second-order valence-electron chi connectivity index (χ2n) is 6.57. The maximum absolute atomic E-state index is 12.8. The first-order valence-electron chi connectivity index (χ1n) is 9.10. The summed E-state index contributed by atoms with van der Waals surface area (Å²) in [7, 11) is 0. The summed E-state index contributed by atoms with van der Waals surface area (Å²) < 4.78 is 5.36. The van der Waals surface area contributed by atoms with Crippen molar-refractivity contribution in [3.63, 3.8) is 0 Å². The average molecular weight is 378 g/mol. The fourth-order valence-electron chi connectivity index (χ4n) is 3.11. The van der Waals surface area contributed by atoms with Crippen molar-refractivity contribution in [3.05, 3.63) is 71.4 Å². The quantitative estimate of drug-likeness (QED) is 0.641. The Hall–Kier alpha value is -3.41. The Bertz CT molecular complexity index is 921. The van der Waals surface area contributed by atoms with Crippen LogP contribution in [0.4, 0.5) is 5.69 Å². The number of fused-ring (bicyclic) bond motifs is 1. The van der Waals surface area contributed by atoms with Crippen LogP contribution in [0.25, 0.3) is 6.08 Å². The number of amides is 2. The van der Waals surface area contributed by atoms with Crippen molar-refractivity contribution in [1.82, 2.24) is 5.32 Å². The first-order chi connectivity index (χ1) is 13.5. The van der Waals surface area contributed by atoms with Crippen LogP contribution in [-0.2, 0) is 25.5 Å². The lowest BCUT2D eigenvalue weighted by atomic mass is 10.2. The van der Waals surface area contributed by atoms with Crippen molar-refractivity contribution < 1.29 is 19.1 Å². The van der Waals surface area contributed by atoms with Gasteiger partial charge in [0.15, 0.2) is 6.10 Å². The number of anilines is 1. The number of rotatable bonds is 5. The molecule has 28 heavy (non-hydrogen) atoms. The van der Waals surface area contributed by atoms with Crippen LogP contribution in [0, 0.1) is 0 Å². The highest BCUT2D eigenvalue weighted by Gasteiger charge is 2.30. The summed E-state index contributed by atoms with van der Waals surface area (Å²) in [6.07, 6.45) is 1.31. The fraction of sp³-hybridized carbons (Fsp3) is 0.227. The van der Waals surface area contributed by atoms with Crippen molar-refractivity contribution in [3.8, 4) is 0 Å². The van der Waals surface area contributed by atoms with Gasteiger partial charge in [0, 0.05) is 19.2 Å². The van der Waals surface area contributed by atoms with Gasteiger partial charge in [0.2, 0.25) is 5.91 Å². The van der Waals surface area contributed by atoms with Crippen LogP contribution in [0.5, 0.6) is 0 Å². The molecular formula is C22H22N2O4. The number of nitrogens with zero attached hydrogens (tertiary/aromatic N) is 1. The van der Waals surface area contributed by atoms with Gasteiger partial charge in [0.25, 0.3) is 5.91 Å². The lowest BCUT2D eigenvalue weighted by molar-refractivity contribution is -0.150. The summed E-state index contributed by atoms with van der Waals surface area (Å²) in [4.78, 5) is 38.5. The minimum absolute atomic E-state index is 0.0137. The molecule has 1 atom stereocenters. The van der Waals surface area contributed by atoms with E-state index in [0.717, 1.165) is 23.2 Å². The second-order valence-corrected chi connectivity index (χ2v) is 6.57. The first-order valence-corrected chi connectivity index (χ1v) is 9.10. The number of carbonyl (C=O) groups is 3. The number of para-hydroxylation sites is 1. The molecular weight excluding hydrogens is 356 g/mol. The van der Waals surface area contributed by atoms with Crippen LogP contribution < -0.4 is 10.2 Å². The molecule has 144 valence electrons. The number of esters is 1. The van der Waals surface area contributed by atoms with Crippen molar-refractivity contribution >= 4 is 29.5 Å². The van der Waals surface area contributed by atoms with Gasteiger partial charge >= 0.3 is 5.97 Å². The van der Waals surface area contributed by atoms with E-state index in [-0.39, 0.29) is 11.6 Å². The van der Waals surface area contributed by atoms with E-state index < -0.39 is 18.0 Å². The number of nitrogens with one attached hydrogen (secondary N) is 1. The molecule has 1 N–H and O–H groups in total. The molecule has 0 saturated carbocycles. The molecule has 1 unspecified atom stereocenters. The molecule has 2 aromatic rings. The molecule has 6 heteroatoms. The Morgan fingerprint density at radius 1 is 1.07 bits per heavy atom. The third kappa shape index (κ3) is 4.46. The van der Waals surface area contributed by atoms with Gasteiger partial charge in [-0.3, -0.25) is 9.59 Å². The fourth-order valence-corrected chi connectivity index (χ4v) is 3.11. The predicted octanol–water partition coefficient (Wildman–Crippen LogP) is 2.68. The number of benzene rings is 2. The number of hydrogen-bond acceptors (Lipinski definition) is 4. The molecule has 0 bridgehead atoms. The highest BCUT2D eigenvalue weighted by atomic mass is 16.5. The van der Waals surface area contributed by atoms with Crippen molar-refractivity contribution in [2.75, 3.05) is 11.4 Å². The monoisotopic (exact) mass is 378 g/mol. The van der Waals surface area contributed by atoms with E-state index in [1.165, 1.54) is 19.9 Å². The SMILES string of the molecule is CC(=O)NC(=Cc1ccccc1)C(=O)OC(C)C(=O)N1CCc2ccccc21. The maximum Gasteiger partial charge on any atom is 0.355 e. The lowest BCUT2D eigenvalue weighted by Gasteiger charge is -2.22. The number of carbonyl (C=O) groups excluding carboxylic acids is 3. The first kappa shape index (κ1) is 19.4. The summed E-state index contributed by atoms with van der Waals surface area (Å²) in [6, 6.07) is 16.8. The Balaban J connectivity index is 1.73. The van der Waals surface area contributed by atoms with E-state index in [1.54, 1.807) is 17.0 Å². The van der Waals surface area contributed by atoms with E-state index in [1.807, 2.05) is 42.5 Å². The average Bonchev–Trinajstić information content (AvgIpc) is 3.11. The molecule has 3 rings (SSSR count). The van der Waals surface area contributed by atoms with Crippen LogP contribution in [0.2, 0.25) is 0 Å². The topological polar surface area (TPSA) is 75.7 Å². The zero-order valence-electron chi connectivity index (χ0n) is 15.8. The second kappa shape index (κ2) is 8.52. The molecule has 0 fully saturated rings. The third-order valence-electron chi connectivity index (χ3n) is 4.43. The molecule has 0 aromatic heterocycles. The normalized spacial score (nSPS) is 14.2. The minimum atomic E-state index is -0.980. The number of hydrogen-bond donors (Lipinski definition) is 1. The summed E-state index contributed by atoms with van der Waals surface area (Å²) >= 11 is 0. The van der Waals surface area contributed by atoms with Gasteiger partial charge in [-0.1, -0.05) is 48.5 Å². The van der Waals surface area contributed by atoms with Gasteiger partial charge in [0.05, 0.1) is 0 Å². The Morgan fingerprint density at radius 3 is 2.46 bits per heavy atom. The Kier molecular flexibility index (Phi) is 5.89. The van der Waals surface area contributed by atoms with Gasteiger partial charge in [-0.25, -0.2) is 4.79 Å². The van der Waals surface area contributed by atoms with E-state index >= 15 is 0 Å². The minimum Gasteiger partial charge on any atom is -0.448 e. The van der Waals surface area contributed by atoms with E-state index in [9.17, 15) is 14.4 Å². The Morgan fingerprint density at radius 2 is 1.75 bits per heavy atom. The van der Waals surface area contributed by atoms with E-state index in [4.69, 9.17) is 4.74 Å². The summed E-state index contributed by atoms with van der Waals surface area (Å²) in [5, 5.41) is 2.48. The number of ether oxygens (including phenoxy) is 1. The smallest absolute Gasteiger partial charge is 0.355 e. The Labute approximate surface area is 163 Å². The van der Waals surface area contributed by atoms with Crippen LogP contribution in [0.3, 0.4) is 0 Å². The molecule has 2 amide bonds. The predicted molar refractivity (Wildman–Crippen MR) is 106 cm³/mol. The molecule has 0 saturated heterocycles. The van der Waals surface area contributed by atoms with Crippen LogP contribution in [0.15, 0.2) is 60.3 Å². The lowest BCUT2D eigenvalue weighted by Crippen LogP contribution is -2.40. The third-order valence-corrected chi connectivity index (χ3v) is 4.43. The van der Waals surface area contributed by atoms with Crippen LogP contribution in [0.1, 0.15) is 25.0 Å². The van der Waals surface area contributed by atoms with Gasteiger partial charge in [-0.05, 0) is 36.6 Å². The van der Waals surface area contributed by atoms with Crippen LogP contribution in [-0.4, -0.2) is 30.4 Å². The summed E-state index contributed by atoms with van der Waals surface area (Å²) in [5.41, 5.74) is 2.66. The van der Waals surface area contributed by atoms with Gasteiger partial charge in [0.1, 0.15) is 5.70 Å². The van der Waals surface area contributed by atoms with Crippen molar-refractivity contribution in [2.45, 2.75) is 26.4 Å². The molecule has 1 heterocycles. The molecule has 6 nitrogen and oxygen atoms in total. The van der Waals surface area contributed by atoms with Gasteiger partial charge in [-0.15, -0.1) is 0 Å². The van der Waals surface area contributed by atoms with E-state index in [2.05, 4.69) is 5.32 Å². The summed E-state index contributed by atoms with van der Waals surface area (Å²) in [6.45, 7) is 3.40. The molecule has 0 aliphatic carbocycles. The highest BCUT2D eigenvalue weighted by Crippen LogP contribution is 2.28. The van der Waals surface area contributed by atoms with Crippen LogP contribution >= 0.6 is 0 Å². The molecule has 1 aliphatic heterocycles. The zero-order chi connectivity index (χ0) is 20.1. The zero-order valence-corrected chi connectivity index (χ0v) is 15.8. The van der Waals surface area contributed by atoms with Crippen molar-refractivity contribution in [1.29, 1.82) is 0 Å². The molecule has 1 aliphatic rings. The standard InChI is InChI=1S/C22H22N2O4/c1-15(21(26)24-13-12-18-10-6-7-11-20(18)24)28-22(27)19(23-16(2)25)14-17-8-4-3-5-9-17/h3-11,14-15H,12-13H2,1-2H3,(H,23,25). The molecule has 2 aromatic carbocycles. The van der Waals surface area contributed by atoms with Gasteiger partial charge in [-0.2, -0.15) is 0 Å². The van der Waals surface area contributed by atoms with E-state index in [0.29, 0.717) is 6.54 Å². The maximum atomic E-state index is 12.8. The molecule has 0 radical (unpaired) electrons. The largest absolute Gasteiger partial charge is 0.448 e. The molecule has 0 spiro atoms. The van der Waals surface area contributed by atoms with Crippen molar-refractivity contribution in [2.24, 2.45) is 0 Å². The highest BCUT2D eigenvalue weighted by molar-refractivity contribution is 6.02. The summed E-state index contributed by atoms with van der Waals surface area (Å²) in [5.74, 6) is -1.45.